The number of hydrogen-bond acceptors (Lipinski definition) is 4. The molecule has 0 atom stereocenters. The molecule has 0 fully saturated rings. The number of nitrogens with zero attached hydrogens (tertiary/aromatic N) is 1. The molecule has 0 aliphatic heterocycles. The molecule has 0 saturated heterocycles. The molecule has 1 amide bonds. The van der Waals surface area contributed by atoms with Gasteiger partial charge in [0.05, 0.1) is 16.5 Å². The summed E-state index contributed by atoms with van der Waals surface area (Å²) < 4.78 is 25.6. The van der Waals surface area contributed by atoms with E-state index in [4.69, 9.17) is 11.0 Å². The normalized spacial score (nSPS) is 10.8. The van der Waals surface area contributed by atoms with E-state index in [1.807, 2.05) is 6.07 Å². The number of nitrogens with two attached hydrogens (primary N) is 1. The van der Waals surface area contributed by atoms with Crippen LogP contribution in [0.3, 0.4) is 0 Å². The summed E-state index contributed by atoms with van der Waals surface area (Å²) in [7, 11) is -3.70. The van der Waals surface area contributed by atoms with Gasteiger partial charge in [0, 0.05) is 13.0 Å². The average molecular weight is 253 g/mol. The fraction of sp³-hybridized carbons (Fsp3) is 0.200. The van der Waals surface area contributed by atoms with Gasteiger partial charge >= 0.3 is 0 Å². The number of benzene rings is 1. The number of rotatable bonds is 5. The minimum atomic E-state index is -3.70. The van der Waals surface area contributed by atoms with E-state index in [2.05, 4.69) is 4.72 Å². The Balaban J connectivity index is 2.83. The van der Waals surface area contributed by atoms with Gasteiger partial charge in [0.15, 0.2) is 0 Å². The molecule has 0 heterocycles. The summed E-state index contributed by atoms with van der Waals surface area (Å²) >= 11 is 0. The van der Waals surface area contributed by atoms with Crippen molar-refractivity contribution in [2.24, 2.45) is 5.73 Å². The molecule has 7 heteroatoms. The number of primary amides is 1. The third-order valence-electron chi connectivity index (χ3n) is 1.94. The van der Waals surface area contributed by atoms with Gasteiger partial charge in [-0.25, -0.2) is 13.1 Å². The van der Waals surface area contributed by atoms with Crippen LogP contribution in [0.1, 0.15) is 12.0 Å². The molecule has 3 N–H and O–H groups in total. The summed E-state index contributed by atoms with van der Waals surface area (Å²) in [5, 5.41) is 8.65. The SMILES string of the molecule is N#Cc1cccc(S(=O)(=O)NCCC(N)=O)c1. The lowest BCUT2D eigenvalue weighted by Crippen LogP contribution is -2.28. The lowest BCUT2D eigenvalue weighted by Gasteiger charge is -2.05. The van der Waals surface area contributed by atoms with Gasteiger partial charge < -0.3 is 5.73 Å². The summed E-state index contributed by atoms with van der Waals surface area (Å²) in [5.41, 5.74) is 5.14. The van der Waals surface area contributed by atoms with Gasteiger partial charge in [0.1, 0.15) is 0 Å². The van der Waals surface area contributed by atoms with E-state index in [1.165, 1.54) is 24.3 Å². The van der Waals surface area contributed by atoms with Gasteiger partial charge in [-0.05, 0) is 18.2 Å². The fourth-order valence-electron chi connectivity index (χ4n) is 1.12. The number of nitriles is 1. The number of sulfonamides is 1. The highest BCUT2D eigenvalue weighted by Crippen LogP contribution is 2.10. The van der Waals surface area contributed by atoms with Crippen LogP contribution in [0.15, 0.2) is 29.2 Å². The van der Waals surface area contributed by atoms with E-state index in [-0.39, 0.29) is 23.4 Å². The van der Waals surface area contributed by atoms with Crippen molar-refractivity contribution in [1.29, 1.82) is 5.26 Å². The minimum absolute atomic E-state index is 0.0129. The maximum Gasteiger partial charge on any atom is 0.240 e. The zero-order valence-electron chi connectivity index (χ0n) is 8.88. The van der Waals surface area contributed by atoms with Crippen molar-refractivity contribution in [2.75, 3.05) is 6.54 Å². The third kappa shape index (κ3) is 3.86. The van der Waals surface area contributed by atoms with Gasteiger partial charge in [-0.2, -0.15) is 5.26 Å². The molecule has 0 aromatic heterocycles. The van der Waals surface area contributed by atoms with Crippen molar-refractivity contribution in [3.8, 4) is 6.07 Å². The molecule has 90 valence electrons. The summed E-state index contributed by atoms with van der Waals surface area (Å²) in [5.74, 6) is -0.585. The Kier molecular flexibility index (Phi) is 4.20. The second-order valence-corrected chi connectivity index (χ2v) is 5.02. The van der Waals surface area contributed by atoms with E-state index in [1.54, 1.807) is 0 Å². The van der Waals surface area contributed by atoms with E-state index < -0.39 is 15.9 Å². The number of amides is 1. The molecule has 6 nitrogen and oxygen atoms in total. The number of carbonyl (C=O) groups is 1. The lowest BCUT2D eigenvalue weighted by atomic mass is 10.2. The quantitative estimate of drug-likeness (QED) is 0.750. The van der Waals surface area contributed by atoms with E-state index >= 15 is 0 Å². The highest BCUT2D eigenvalue weighted by molar-refractivity contribution is 7.89. The predicted octanol–water partition coefficient (Wildman–Crippen LogP) is -0.288. The molecular weight excluding hydrogens is 242 g/mol. The van der Waals surface area contributed by atoms with Crippen LogP contribution in [0, 0.1) is 11.3 Å². The van der Waals surface area contributed by atoms with Crippen LogP contribution in [0.25, 0.3) is 0 Å². The zero-order valence-corrected chi connectivity index (χ0v) is 9.70. The Morgan fingerprint density at radius 3 is 2.76 bits per heavy atom. The molecule has 0 saturated carbocycles. The molecule has 0 bridgehead atoms. The highest BCUT2D eigenvalue weighted by Gasteiger charge is 2.13. The first kappa shape index (κ1) is 13.2. The molecule has 1 aromatic carbocycles. The van der Waals surface area contributed by atoms with Gasteiger partial charge in [-0.3, -0.25) is 4.79 Å². The van der Waals surface area contributed by atoms with Crippen LogP contribution < -0.4 is 10.5 Å². The zero-order chi connectivity index (χ0) is 12.9. The van der Waals surface area contributed by atoms with Crippen LogP contribution in [0.4, 0.5) is 0 Å². The van der Waals surface area contributed by atoms with E-state index in [9.17, 15) is 13.2 Å². The van der Waals surface area contributed by atoms with Crippen molar-refractivity contribution >= 4 is 15.9 Å². The maximum atomic E-state index is 11.7. The van der Waals surface area contributed by atoms with Gasteiger partial charge in [0.2, 0.25) is 15.9 Å². The van der Waals surface area contributed by atoms with Crippen LogP contribution in [0.2, 0.25) is 0 Å². The fourth-order valence-corrected chi connectivity index (χ4v) is 2.20. The summed E-state index contributed by atoms with van der Waals surface area (Å²) in [6, 6.07) is 7.45. The first-order chi connectivity index (χ1) is 7.95. The van der Waals surface area contributed by atoms with Gasteiger partial charge in [-0.1, -0.05) is 6.07 Å². The molecule has 0 spiro atoms. The lowest BCUT2D eigenvalue weighted by molar-refractivity contribution is -0.117. The van der Waals surface area contributed by atoms with Gasteiger partial charge in [0.25, 0.3) is 0 Å². The number of hydrogen-bond donors (Lipinski definition) is 2. The molecule has 0 unspecified atom stereocenters. The Hall–Kier alpha value is -1.91. The van der Waals surface area contributed by atoms with Crippen LogP contribution in [-0.4, -0.2) is 20.9 Å². The highest BCUT2D eigenvalue weighted by atomic mass is 32.2. The first-order valence-electron chi connectivity index (χ1n) is 4.74. The predicted molar refractivity (Wildman–Crippen MR) is 60.2 cm³/mol. The molecule has 0 radical (unpaired) electrons. The largest absolute Gasteiger partial charge is 0.370 e. The molecule has 17 heavy (non-hydrogen) atoms. The Bertz CT molecular complexity index is 560. The van der Waals surface area contributed by atoms with Crippen molar-refractivity contribution < 1.29 is 13.2 Å². The Labute approximate surface area is 99.1 Å². The molecule has 1 rings (SSSR count). The topological polar surface area (TPSA) is 113 Å². The van der Waals surface area contributed by atoms with Gasteiger partial charge in [-0.15, -0.1) is 0 Å². The minimum Gasteiger partial charge on any atom is -0.370 e. The van der Waals surface area contributed by atoms with E-state index in [0.29, 0.717) is 0 Å². The van der Waals surface area contributed by atoms with E-state index in [0.717, 1.165) is 0 Å². The molecular formula is C10H11N3O3S. The number of carbonyl (C=O) groups excluding carboxylic acids is 1. The molecule has 1 aromatic rings. The monoisotopic (exact) mass is 253 g/mol. The molecule has 0 aliphatic carbocycles. The van der Waals surface area contributed by atoms with Crippen molar-refractivity contribution in [3.05, 3.63) is 29.8 Å². The summed E-state index contributed by atoms with van der Waals surface area (Å²) in [6.45, 7) is -0.0611. The Morgan fingerprint density at radius 2 is 2.18 bits per heavy atom. The average Bonchev–Trinajstić information content (AvgIpc) is 2.28. The second kappa shape index (κ2) is 5.43. The van der Waals surface area contributed by atoms with Crippen LogP contribution >= 0.6 is 0 Å². The summed E-state index contributed by atoms with van der Waals surface area (Å²) in [4.78, 5) is 10.5. The van der Waals surface area contributed by atoms with Crippen molar-refractivity contribution in [1.82, 2.24) is 4.72 Å². The second-order valence-electron chi connectivity index (χ2n) is 3.25. The first-order valence-corrected chi connectivity index (χ1v) is 6.22. The molecule has 0 aliphatic rings. The number of nitrogens with one attached hydrogen (secondary N) is 1. The smallest absolute Gasteiger partial charge is 0.240 e. The standard InChI is InChI=1S/C10H11N3O3S/c11-7-8-2-1-3-9(6-8)17(15,16)13-5-4-10(12)14/h1-3,6,13H,4-5H2,(H2,12,14). The summed E-state index contributed by atoms with van der Waals surface area (Å²) in [6.07, 6.45) is -0.0723. The van der Waals surface area contributed by atoms with Crippen molar-refractivity contribution in [2.45, 2.75) is 11.3 Å². The van der Waals surface area contributed by atoms with Crippen LogP contribution in [-0.2, 0) is 14.8 Å². The maximum absolute atomic E-state index is 11.7. The third-order valence-corrected chi connectivity index (χ3v) is 3.40. The Morgan fingerprint density at radius 1 is 1.47 bits per heavy atom. The van der Waals surface area contributed by atoms with Crippen LogP contribution in [0.5, 0.6) is 0 Å². The van der Waals surface area contributed by atoms with Crippen molar-refractivity contribution in [3.63, 3.8) is 0 Å².